The van der Waals surface area contributed by atoms with Crippen molar-refractivity contribution >= 4 is 11.6 Å². The molecule has 3 N–H and O–H groups in total. The highest BCUT2D eigenvalue weighted by atomic mass is 19.1. The topological polar surface area (TPSA) is 64.3 Å². The molecule has 2 rings (SSSR count). The monoisotopic (exact) mass is 288 g/mol. The van der Waals surface area contributed by atoms with Crippen molar-refractivity contribution in [3.8, 4) is 5.75 Å². The highest BCUT2D eigenvalue weighted by Crippen LogP contribution is 2.25. The van der Waals surface area contributed by atoms with Crippen molar-refractivity contribution in [2.24, 2.45) is 0 Å². The number of nitrogens with one attached hydrogen (secondary N) is 1. The van der Waals surface area contributed by atoms with Crippen LogP contribution < -0.4 is 15.8 Å². The van der Waals surface area contributed by atoms with E-state index in [0.29, 0.717) is 5.75 Å². The second kappa shape index (κ2) is 6.26. The standard InChI is InChI=1S/C16H17FN2O2/c1-10(12-5-3-4-6-15(12)21-2)19-16(20)13-8-7-11(17)9-14(13)18/h3-10H,18H2,1-2H3,(H,19,20)/t10-/m1/s1. The summed E-state index contributed by atoms with van der Waals surface area (Å²) in [7, 11) is 1.57. The number of nitrogens with two attached hydrogens (primary N) is 1. The van der Waals surface area contributed by atoms with Gasteiger partial charge < -0.3 is 15.8 Å². The van der Waals surface area contributed by atoms with Gasteiger partial charge in [0.2, 0.25) is 0 Å². The fraction of sp³-hybridized carbons (Fsp3) is 0.188. The van der Waals surface area contributed by atoms with Crippen LogP contribution in [0.25, 0.3) is 0 Å². The second-order valence-corrected chi connectivity index (χ2v) is 4.67. The highest BCUT2D eigenvalue weighted by Gasteiger charge is 2.16. The average molecular weight is 288 g/mol. The minimum absolute atomic E-state index is 0.111. The fourth-order valence-corrected chi connectivity index (χ4v) is 2.12. The second-order valence-electron chi connectivity index (χ2n) is 4.67. The van der Waals surface area contributed by atoms with Crippen molar-refractivity contribution in [2.45, 2.75) is 13.0 Å². The molecule has 21 heavy (non-hydrogen) atoms. The van der Waals surface area contributed by atoms with Crippen LogP contribution in [-0.2, 0) is 0 Å². The predicted molar refractivity (Wildman–Crippen MR) is 79.7 cm³/mol. The van der Waals surface area contributed by atoms with E-state index in [-0.39, 0.29) is 23.2 Å². The van der Waals surface area contributed by atoms with Crippen LogP contribution in [0.15, 0.2) is 42.5 Å². The van der Waals surface area contributed by atoms with E-state index in [0.717, 1.165) is 11.6 Å². The van der Waals surface area contributed by atoms with E-state index in [1.807, 2.05) is 31.2 Å². The molecule has 1 atom stereocenters. The van der Waals surface area contributed by atoms with E-state index < -0.39 is 5.82 Å². The van der Waals surface area contributed by atoms with Gasteiger partial charge in [-0.15, -0.1) is 0 Å². The van der Waals surface area contributed by atoms with Gasteiger partial charge in [-0.2, -0.15) is 0 Å². The van der Waals surface area contributed by atoms with E-state index in [1.54, 1.807) is 7.11 Å². The van der Waals surface area contributed by atoms with Crippen LogP contribution >= 0.6 is 0 Å². The number of methoxy groups -OCH3 is 1. The first-order chi connectivity index (χ1) is 10.0. The van der Waals surface area contributed by atoms with E-state index >= 15 is 0 Å². The molecule has 0 unspecified atom stereocenters. The molecule has 0 fully saturated rings. The number of ether oxygens (including phenoxy) is 1. The Labute approximate surface area is 122 Å². The van der Waals surface area contributed by atoms with Crippen molar-refractivity contribution in [2.75, 3.05) is 12.8 Å². The van der Waals surface area contributed by atoms with Crippen LogP contribution in [0.5, 0.6) is 5.75 Å². The predicted octanol–water partition coefficient (Wildman–Crippen LogP) is 2.91. The zero-order chi connectivity index (χ0) is 15.4. The summed E-state index contributed by atoms with van der Waals surface area (Å²) < 4.78 is 18.3. The third kappa shape index (κ3) is 3.31. The largest absolute Gasteiger partial charge is 0.496 e. The van der Waals surface area contributed by atoms with E-state index in [1.165, 1.54) is 12.1 Å². The summed E-state index contributed by atoms with van der Waals surface area (Å²) in [5.41, 5.74) is 6.88. The molecule has 0 aliphatic carbocycles. The van der Waals surface area contributed by atoms with Crippen LogP contribution in [0.3, 0.4) is 0 Å². The smallest absolute Gasteiger partial charge is 0.253 e. The molecule has 0 spiro atoms. The molecule has 0 bridgehead atoms. The van der Waals surface area contributed by atoms with Crippen LogP contribution in [0, 0.1) is 5.82 Å². The Morgan fingerprint density at radius 3 is 2.67 bits per heavy atom. The van der Waals surface area contributed by atoms with Gasteiger partial charge in [0, 0.05) is 11.3 Å². The van der Waals surface area contributed by atoms with Crippen molar-refractivity contribution in [3.05, 3.63) is 59.4 Å². The van der Waals surface area contributed by atoms with Gasteiger partial charge in [-0.25, -0.2) is 4.39 Å². The number of rotatable bonds is 4. The summed E-state index contributed by atoms with van der Waals surface area (Å²) in [6.07, 6.45) is 0. The molecule has 2 aromatic rings. The fourth-order valence-electron chi connectivity index (χ4n) is 2.12. The number of hydrogen-bond donors (Lipinski definition) is 2. The van der Waals surface area contributed by atoms with Gasteiger partial charge in [0.25, 0.3) is 5.91 Å². The van der Waals surface area contributed by atoms with Gasteiger partial charge in [-0.1, -0.05) is 18.2 Å². The van der Waals surface area contributed by atoms with Gasteiger partial charge in [0.15, 0.2) is 0 Å². The summed E-state index contributed by atoms with van der Waals surface area (Å²) in [5, 5.41) is 2.83. The lowest BCUT2D eigenvalue weighted by Gasteiger charge is -2.17. The number of carbonyl (C=O) groups excluding carboxylic acids is 1. The van der Waals surface area contributed by atoms with Crippen molar-refractivity contribution in [1.29, 1.82) is 0 Å². The molecular weight excluding hydrogens is 271 g/mol. The maximum absolute atomic E-state index is 13.0. The number of amides is 1. The summed E-state index contributed by atoms with van der Waals surface area (Å²) in [6.45, 7) is 1.84. The first-order valence-corrected chi connectivity index (χ1v) is 6.51. The molecule has 0 aliphatic rings. The van der Waals surface area contributed by atoms with Gasteiger partial charge in [0.1, 0.15) is 11.6 Å². The maximum atomic E-state index is 13.0. The van der Waals surface area contributed by atoms with Crippen molar-refractivity contribution < 1.29 is 13.9 Å². The Morgan fingerprint density at radius 2 is 2.00 bits per heavy atom. The molecule has 1 amide bonds. The Kier molecular flexibility index (Phi) is 4.42. The first kappa shape index (κ1) is 14.8. The maximum Gasteiger partial charge on any atom is 0.253 e. The van der Waals surface area contributed by atoms with E-state index in [9.17, 15) is 9.18 Å². The SMILES string of the molecule is COc1ccccc1[C@@H](C)NC(=O)c1ccc(F)cc1N. The lowest BCUT2D eigenvalue weighted by Crippen LogP contribution is -2.27. The molecule has 0 radical (unpaired) electrons. The first-order valence-electron chi connectivity index (χ1n) is 6.51. The molecule has 0 aliphatic heterocycles. The van der Waals surface area contributed by atoms with Crippen molar-refractivity contribution in [3.63, 3.8) is 0 Å². The summed E-state index contributed by atoms with van der Waals surface area (Å²) in [6, 6.07) is 10.9. The number of anilines is 1. The number of hydrogen-bond acceptors (Lipinski definition) is 3. The third-order valence-corrected chi connectivity index (χ3v) is 3.21. The van der Waals surface area contributed by atoms with Gasteiger partial charge in [-0.3, -0.25) is 4.79 Å². The molecule has 110 valence electrons. The molecule has 0 saturated carbocycles. The summed E-state index contributed by atoms with van der Waals surface area (Å²) in [4.78, 5) is 12.2. The van der Waals surface area contributed by atoms with Crippen LogP contribution in [0.1, 0.15) is 28.9 Å². The molecule has 2 aromatic carbocycles. The number of halogens is 1. The Hall–Kier alpha value is -2.56. The number of carbonyl (C=O) groups is 1. The summed E-state index contributed by atoms with van der Waals surface area (Å²) in [5.74, 6) is -0.134. The van der Waals surface area contributed by atoms with Crippen LogP contribution in [0.4, 0.5) is 10.1 Å². The zero-order valence-corrected chi connectivity index (χ0v) is 11.9. The molecule has 4 nitrogen and oxygen atoms in total. The Bertz CT molecular complexity index is 658. The Morgan fingerprint density at radius 1 is 1.29 bits per heavy atom. The molecule has 0 saturated heterocycles. The van der Waals surface area contributed by atoms with Crippen molar-refractivity contribution in [1.82, 2.24) is 5.32 Å². The number of benzene rings is 2. The van der Waals surface area contributed by atoms with E-state index in [4.69, 9.17) is 10.5 Å². The molecular formula is C16H17FN2O2. The van der Waals surface area contributed by atoms with Crippen LogP contribution in [-0.4, -0.2) is 13.0 Å². The average Bonchev–Trinajstić information content (AvgIpc) is 2.46. The Balaban J connectivity index is 2.19. The minimum atomic E-state index is -0.471. The van der Waals surface area contributed by atoms with Gasteiger partial charge in [0.05, 0.1) is 18.7 Å². The number of nitrogen functional groups attached to an aromatic ring is 1. The molecule has 0 heterocycles. The highest BCUT2D eigenvalue weighted by molar-refractivity contribution is 5.99. The zero-order valence-electron chi connectivity index (χ0n) is 11.9. The van der Waals surface area contributed by atoms with Gasteiger partial charge >= 0.3 is 0 Å². The lowest BCUT2D eigenvalue weighted by atomic mass is 10.1. The quantitative estimate of drug-likeness (QED) is 0.850. The van der Waals surface area contributed by atoms with Gasteiger partial charge in [-0.05, 0) is 31.2 Å². The van der Waals surface area contributed by atoms with E-state index in [2.05, 4.69) is 5.32 Å². The van der Waals surface area contributed by atoms with Crippen LogP contribution in [0.2, 0.25) is 0 Å². The minimum Gasteiger partial charge on any atom is -0.496 e. The normalized spacial score (nSPS) is 11.8. The molecule has 5 heteroatoms. The third-order valence-electron chi connectivity index (χ3n) is 3.21. The molecule has 0 aromatic heterocycles. The summed E-state index contributed by atoms with van der Waals surface area (Å²) >= 11 is 0. The lowest BCUT2D eigenvalue weighted by molar-refractivity contribution is 0.0940. The number of para-hydroxylation sites is 1.